The van der Waals surface area contributed by atoms with Crippen molar-refractivity contribution >= 4 is 17.3 Å². The van der Waals surface area contributed by atoms with Gasteiger partial charge in [-0.05, 0) is 56.0 Å². The van der Waals surface area contributed by atoms with Crippen LogP contribution in [-0.4, -0.2) is 36.1 Å². The number of rotatable bonds is 3. The molecule has 1 aromatic heterocycles. The van der Waals surface area contributed by atoms with Crippen molar-refractivity contribution in [2.75, 3.05) is 36.4 Å². The zero-order valence-electron chi connectivity index (χ0n) is 18.6. The molecule has 1 spiro atoms. The van der Waals surface area contributed by atoms with Gasteiger partial charge in [0.1, 0.15) is 0 Å². The fourth-order valence-corrected chi connectivity index (χ4v) is 5.32. The number of hydrogen-bond donors (Lipinski definition) is 2. The van der Waals surface area contributed by atoms with Crippen LogP contribution in [0.4, 0.5) is 21.7 Å². The lowest BCUT2D eigenvalue weighted by molar-refractivity contribution is 0.0161. The first-order valence-corrected chi connectivity index (χ1v) is 11.9. The van der Waals surface area contributed by atoms with Gasteiger partial charge in [0.25, 0.3) is 0 Å². The second kappa shape index (κ2) is 8.30. The van der Waals surface area contributed by atoms with Crippen LogP contribution in [0.25, 0.3) is 11.1 Å². The summed E-state index contributed by atoms with van der Waals surface area (Å²) in [4.78, 5) is 11.9. The fourth-order valence-electron chi connectivity index (χ4n) is 5.32. The Morgan fingerprint density at radius 3 is 2.55 bits per heavy atom. The molecule has 2 fully saturated rings. The van der Waals surface area contributed by atoms with Gasteiger partial charge in [0.2, 0.25) is 5.95 Å². The van der Waals surface area contributed by atoms with E-state index in [1.807, 2.05) is 12.3 Å². The van der Waals surface area contributed by atoms with Crippen LogP contribution in [0.2, 0.25) is 0 Å². The van der Waals surface area contributed by atoms with E-state index >= 15 is 0 Å². The summed E-state index contributed by atoms with van der Waals surface area (Å²) < 4.78 is 21.1. The normalized spacial score (nSPS) is 18.9. The van der Waals surface area contributed by atoms with Crippen LogP contribution in [0.15, 0.2) is 48.7 Å². The molecule has 7 heteroatoms. The van der Waals surface area contributed by atoms with Crippen LogP contribution in [-0.2, 0) is 5.60 Å². The number of nitrogens with one attached hydrogen (secondary N) is 2. The maximum Gasteiger partial charge on any atom is 0.227 e. The van der Waals surface area contributed by atoms with E-state index in [2.05, 4.69) is 44.8 Å². The molecule has 2 aliphatic heterocycles. The van der Waals surface area contributed by atoms with Crippen LogP contribution in [0.5, 0.6) is 5.75 Å². The molecule has 0 unspecified atom stereocenters. The van der Waals surface area contributed by atoms with Crippen LogP contribution in [0.1, 0.15) is 37.8 Å². The van der Waals surface area contributed by atoms with E-state index in [0.29, 0.717) is 11.7 Å². The second-order valence-corrected chi connectivity index (χ2v) is 9.14. The van der Waals surface area contributed by atoms with Gasteiger partial charge in [0.05, 0.1) is 5.69 Å². The number of hydrogen-bond acceptors (Lipinski definition) is 6. The van der Waals surface area contributed by atoms with Crippen molar-refractivity contribution in [3.63, 3.8) is 0 Å². The highest BCUT2D eigenvalue weighted by atomic mass is 19.1. The number of anilines is 3. The molecule has 3 aromatic rings. The molecule has 33 heavy (non-hydrogen) atoms. The van der Waals surface area contributed by atoms with Gasteiger partial charge in [0, 0.05) is 54.9 Å². The average Bonchev–Trinajstić information content (AvgIpc) is 2.87. The monoisotopic (exact) mass is 445 g/mol. The predicted molar refractivity (Wildman–Crippen MR) is 128 cm³/mol. The molecule has 6 rings (SSSR count). The van der Waals surface area contributed by atoms with E-state index < -0.39 is 5.60 Å². The Morgan fingerprint density at radius 2 is 1.76 bits per heavy atom. The highest BCUT2D eigenvalue weighted by molar-refractivity contribution is 5.76. The standard InChI is InChI=1S/C26H28FN5O/c27-22-6-4-5-20-21-17-29-25(31-24(21)26(33-23(20)22)11-2-1-3-12-26)30-18-7-9-19(10-8-18)32-15-13-28-14-16-32/h4-10,17,28H,1-3,11-16H2,(H,29,30,31). The molecule has 0 bridgehead atoms. The zero-order chi connectivity index (χ0) is 22.3. The first-order chi connectivity index (χ1) is 16.2. The third kappa shape index (κ3) is 3.70. The van der Waals surface area contributed by atoms with Gasteiger partial charge in [-0.15, -0.1) is 0 Å². The maximum absolute atomic E-state index is 14.7. The Bertz CT molecular complexity index is 1150. The van der Waals surface area contributed by atoms with E-state index in [9.17, 15) is 4.39 Å². The minimum Gasteiger partial charge on any atom is -0.477 e. The van der Waals surface area contributed by atoms with Gasteiger partial charge >= 0.3 is 0 Å². The average molecular weight is 446 g/mol. The third-order valence-electron chi connectivity index (χ3n) is 7.04. The number of halogens is 1. The van der Waals surface area contributed by atoms with Crippen molar-refractivity contribution in [3.05, 3.63) is 60.2 Å². The van der Waals surface area contributed by atoms with Crippen molar-refractivity contribution < 1.29 is 9.13 Å². The molecule has 3 aliphatic rings. The van der Waals surface area contributed by atoms with E-state index in [0.717, 1.165) is 74.4 Å². The predicted octanol–water partition coefficient (Wildman–Crippen LogP) is 4.99. The van der Waals surface area contributed by atoms with Crippen molar-refractivity contribution in [1.29, 1.82) is 0 Å². The number of aromatic nitrogens is 2. The molecule has 1 saturated heterocycles. The number of benzene rings is 2. The smallest absolute Gasteiger partial charge is 0.227 e. The van der Waals surface area contributed by atoms with Gasteiger partial charge in [-0.1, -0.05) is 18.6 Å². The van der Waals surface area contributed by atoms with Gasteiger partial charge in [-0.25, -0.2) is 14.4 Å². The maximum atomic E-state index is 14.7. The lowest BCUT2D eigenvalue weighted by Crippen LogP contribution is -2.43. The largest absolute Gasteiger partial charge is 0.477 e. The number of ether oxygens (including phenoxy) is 1. The van der Waals surface area contributed by atoms with E-state index in [1.165, 1.54) is 18.2 Å². The summed E-state index contributed by atoms with van der Waals surface area (Å²) in [5.74, 6) is 0.548. The second-order valence-electron chi connectivity index (χ2n) is 9.14. The lowest BCUT2D eigenvalue weighted by Gasteiger charge is -2.41. The van der Waals surface area contributed by atoms with Gasteiger partial charge in [-0.2, -0.15) is 0 Å². The highest BCUT2D eigenvalue weighted by Gasteiger charge is 2.44. The molecule has 3 heterocycles. The van der Waals surface area contributed by atoms with Crippen molar-refractivity contribution in [3.8, 4) is 16.9 Å². The summed E-state index contributed by atoms with van der Waals surface area (Å²) in [6, 6.07) is 13.5. The summed E-state index contributed by atoms with van der Waals surface area (Å²) in [5, 5.41) is 6.74. The first-order valence-electron chi connectivity index (χ1n) is 11.9. The number of piperazine rings is 1. The topological polar surface area (TPSA) is 62.3 Å². The highest BCUT2D eigenvalue weighted by Crippen LogP contribution is 2.51. The Hall–Kier alpha value is -3.19. The molecule has 6 nitrogen and oxygen atoms in total. The molecule has 170 valence electrons. The quantitative estimate of drug-likeness (QED) is 0.592. The van der Waals surface area contributed by atoms with Gasteiger partial charge < -0.3 is 20.3 Å². The van der Waals surface area contributed by atoms with E-state index in [1.54, 1.807) is 6.07 Å². The first kappa shape index (κ1) is 20.4. The van der Waals surface area contributed by atoms with Crippen LogP contribution in [0.3, 0.4) is 0 Å². The zero-order valence-corrected chi connectivity index (χ0v) is 18.6. The number of fused-ring (bicyclic) bond motifs is 4. The van der Waals surface area contributed by atoms with E-state index in [4.69, 9.17) is 9.72 Å². The molecule has 1 aliphatic carbocycles. The van der Waals surface area contributed by atoms with Crippen molar-refractivity contribution in [1.82, 2.24) is 15.3 Å². The van der Waals surface area contributed by atoms with Crippen LogP contribution in [0, 0.1) is 5.82 Å². The molecular weight excluding hydrogens is 417 g/mol. The lowest BCUT2D eigenvalue weighted by atomic mass is 9.78. The summed E-state index contributed by atoms with van der Waals surface area (Å²) in [6.07, 6.45) is 6.75. The van der Waals surface area contributed by atoms with Gasteiger partial charge in [0.15, 0.2) is 17.2 Å². The molecule has 0 atom stereocenters. The Balaban J connectivity index is 1.32. The summed E-state index contributed by atoms with van der Waals surface area (Å²) in [7, 11) is 0. The molecule has 1 saturated carbocycles. The Morgan fingerprint density at radius 1 is 0.970 bits per heavy atom. The SMILES string of the molecule is Fc1cccc2c1OC1(CCCCC1)c1nc(Nc3ccc(N4CCNCC4)cc3)ncc1-2. The summed E-state index contributed by atoms with van der Waals surface area (Å²) in [5.41, 5.74) is 4.05. The van der Waals surface area contributed by atoms with E-state index in [-0.39, 0.29) is 5.82 Å². The molecule has 0 amide bonds. The summed E-state index contributed by atoms with van der Waals surface area (Å²) in [6.45, 7) is 4.06. The number of nitrogens with zero attached hydrogens (tertiary/aromatic N) is 3. The molecule has 0 radical (unpaired) electrons. The molecule has 2 aromatic carbocycles. The summed E-state index contributed by atoms with van der Waals surface area (Å²) >= 11 is 0. The minimum absolute atomic E-state index is 0.324. The third-order valence-corrected chi connectivity index (χ3v) is 7.04. The number of para-hydroxylation sites is 1. The van der Waals surface area contributed by atoms with Crippen molar-refractivity contribution in [2.24, 2.45) is 0 Å². The minimum atomic E-state index is -0.589. The molecule has 2 N–H and O–H groups in total. The Labute approximate surface area is 193 Å². The van der Waals surface area contributed by atoms with Crippen LogP contribution < -0.4 is 20.3 Å². The fraction of sp³-hybridized carbons (Fsp3) is 0.385. The molecular formula is C26H28FN5O. The van der Waals surface area contributed by atoms with Crippen molar-refractivity contribution in [2.45, 2.75) is 37.7 Å². The van der Waals surface area contributed by atoms with Crippen LogP contribution >= 0.6 is 0 Å². The van der Waals surface area contributed by atoms with Gasteiger partial charge in [-0.3, -0.25) is 0 Å². The Kier molecular flexibility index (Phi) is 5.14.